The van der Waals surface area contributed by atoms with Crippen LogP contribution < -0.4 is 0 Å². The first kappa shape index (κ1) is 14.0. The van der Waals surface area contributed by atoms with Crippen LogP contribution in [0.1, 0.15) is 22.8 Å². The standard InChI is InChI=1S/C13H17NO4S/c1-10-8-14(19(17,18)9-10)7-6-11-2-4-12(5-3-11)13(15)16/h2-5,10H,6-9H2,1H3,(H,15,16). The van der Waals surface area contributed by atoms with Gasteiger partial charge in [0.1, 0.15) is 0 Å². The number of nitrogens with zero attached hydrogens (tertiary/aromatic N) is 1. The monoisotopic (exact) mass is 283 g/mol. The third kappa shape index (κ3) is 3.33. The van der Waals surface area contributed by atoms with Crippen molar-refractivity contribution in [3.05, 3.63) is 35.4 Å². The van der Waals surface area contributed by atoms with Crippen molar-refractivity contribution in [2.45, 2.75) is 13.3 Å². The fourth-order valence-electron chi connectivity index (χ4n) is 2.28. The van der Waals surface area contributed by atoms with E-state index in [1.165, 1.54) is 4.31 Å². The van der Waals surface area contributed by atoms with E-state index in [2.05, 4.69) is 0 Å². The second kappa shape index (κ2) is 5.30. The van der Waals surface area contributed by atoms with Gasteiger partial charge in [-0.3, -0.25) is 0 Å². The third-order valence-electron chi connectivity index (χ3n) is 3.25. The van der Waals surface area contributed by atoms with Gasteiger partial charge in [0, 0.05) is 13.1 Å². The number of carboxylic acid groups (broad SMARTS) is 1. The van der Waals surface area contributed by atoms with Gasteiger partial charge in [-0.2, -0.15) is 0 Å². The van der Waals surface area contributed by atoms with E-state index in [-0.39, 0.29) is 17.2 Å². The van der Waals surface area contributed by atoms with Crippen LogP contribution in [0.25, 0.3) is 0 Å². The van der Waals surface area contributed by atoms with Gasteiger partial charge in [-0.25, -0.2) is 17.5 Å². The second-order valence-corrected chi connectivity index (χ2v) is 7.01. The Kier molecular flexibility index (Phi) is 3.91. The van der Waals surface area contributed by atoms with Gasteiger partial charge in [-0.1, -0.05) is 19.1 Å². The molecule has 6 heteroatoms. The van der Waals surface area contributed by atoms with Gasteiger partial charge in [0.05, 0.1) is 11.3 Å². The molecule has 1 aliphatic heterocycles. The summed E-state index contributed by atoms with van der Waals surface area (Å²) in [6, 6.07) is 6.54. The number of aromatic carboxylic acids is 1. The largest absolute Gasteiger partial charge is 0.478 e. The summed E-state index contributed by atoms with van der Waals surface area (Å²) in [5, 5.41) is 8.79. The zero-order valence-electron chi connectivity index (χ0n) is 10.7. The van der Waals surface area contributed by atoms with E-state index in [4.69, 9.17) is 5.11 Å². The summed E-state index contributed by atoms with van der Waals surface area (Å²) in [6.07, 6.45) is 0.603. The molecule has 19 heavy (non-hydrogen) atoms. The van der Waals surface area contributed by atoms with Crippen LogP contribution in [-0.2, 0) is 16.4 Å². The van der Waals surface area contributed by atoms with Crippen molar-refractivity contribution in [3.63, 3.8) is 0 Å². The lowest BCUT2D eigenvalue weighted by Gasteiger charge is -2.14. The molecule has 104 valence electrons. The van der Waals surface area contributed by atoms with Crippen molar-refractivity contribution in [3.8, 4) is 0 Å². The van der Waals surface area contributed by atoms with E-state index in [0.29, 0.717) is 19.5 Å². The summed E-state index contributed by atoms with van der Waals surface area (Å²) in [5.74, 6) is -0.549. The molecule has 5 nitrogen and oxygen atoms in total. The van der Waals surface area contributed by atoms with Gasteiger partial charge in [-0.05, 0) is 30.0 Å². The minimum Gasteiger partial charge on any atom is -0.478 e. The minimum atomic E-state index is -3.09. The Hall–Kier alpha value is -1.40. The molecule has 1 atom stereocenters. The van der Waals surface area contributed by atoms with Crippen LogP contribution in [0.2, 0.25) is 0 Å². The highest BCUT2D eigenvalue weighted by Gasteiger charge is 2.32. The maximum atomic E-state index is 11.8. The van der Waals surface area contributed by atoms with Crippen LogP contribution in [0.15, 0.2) is 24.3 Å². The lowest BCUT2D eigenvalue weighted by atomic mass is 10.1. The van der Waals surface area contributed by atoms with Gasteiger partial charge in [0.2, 0.25) is 10.0 Å². The quantitative estimate of drug-likeness (QED) is 0.901. The molecule has 1 aromatic rings. The molecular formula is C13H17NO4S. The molecule has 1 unspecified atom stereocenters. The minimum absolute atomic E-state index is 0.180. The van der Waals surface area contributed by atoms with Gasteiger partial charge in [0.15, 0.2) is 0 Å². The summed E-state index contributed by atoms with van der Waals surface area (Å²) >= 11 is 0. The predicted octanol–water partition coefficient (Wildman–Crippen LogP) is 1.21. The molecule has 1 aromatic carbocycles. The van der Waals surface area contributed by atoms with Crippen molar-refractivity contribution in [1.29, 1.82) is 0 Å². The average Bonchev–Trinajstić information content (AvgIpc) is 2.60. The van der Waals surface area contributed by atoms with E-state index < -0.39 is 16.0 Å². The van der Waals surface area contributed by atoms with Gasteiger partial charge >= 0.3 is 5.97 Å². The first-order chi connectivity index (χ1) is 8.88. The summed E-state index contributed by atoms with van der Waals surface area (Å²) in [7, 11) is -3.09. The zero-order valence-corrected chi connectivity index (χ0v) is 11.6. The van der Waals surface area contributed by atoms with Crippen molar-refractivity contribution in [2.75, 3.05) is 18.8 Å². The maximum absolute atomic E-state index is 11.8. The van der Waals surface area contributed by atoms with Crippen LogP contribution in [0.5, 0.6) is 0 Å². The Balaban J connectivity index is 1.97. The van der Waals surface area contributed by atoms with Crippen LogP contribution in [0, 0.1) is 5.92 Å². The van der Waals surface area contributed by atoms with Gasteiger partial charge in [0.25, 0.3) is 0 Å². The lowest BCUT2D eigenvalue weighted by Crippen LogP contribution is -2.28. The number of rotatable bonds is 4. The Bertz CT molecular complexity index is 565. The first-order valence-corrected chi connectivity index (χ1v) is 7.79. The molecule has 0 amide bonds. The number of sulfonamides is 1. The first-order valence-electron chi connectivity index (χ1n) is 6.18. The molecule has 0 aromatic heterocycles. The molecular weight excluding hydrogens is 266 g/mol. The molecule has 0 spiro atoms. The molecule has 2 rings (SSSR count). The summed E-state index contributed by atoms with van der Waals surface area (Å²) in [6.45, 7) is 2.97. The molecule has 1 N–H and O–H groups in total. The Morgan fingerprint density at radius 2 is 2.00 bits per heavy atom. The average molecular weight is 283 g/mol. The highest BCUT2D eigenvalue weighted by atomic mass is 32.2. The fourth-order valence-corrected chi connectivity index (χ4v) is 4.16. The molecule has 1 heterocycles. The highest BCUT2D eigenvalue weighted by Crippen LogP contribution is 2.19. The SMILES string of the molecule is CC1CN(CCc2ccc(C(=O)O)cc2)S(=O)(=O)C1. The van der Waals surface area contributed by atoms with E-state index in [9.17, 15) is 13.2 Å². The van der Waals surface area contributed by atoms with E-state index in [1.54, 1.807) is 24.3 Å². The normalized spacial score (nSPS) is 22.5. The molecule has 0 saturated carbocycles. The van der Waals surface area contributed by atoms with Crippen molar-refractivity contribution in [2.24, 2.45) is 5.92 Å². The molecule has 0 aliphatic carbocycles. The van der Waals surface area contributed by atoms with Crippen LogP contribution in [0.4, 0.5) is 0 Å². The Morgan fingerprint density at radius 3 is 2.47 bits per heavy atom. The second-order valence-electron chi connectivity index (χ2n) is 4.99. The summed E-state index contributed by atoms with van der Waals surface area (Å²) in [5.41, 5.74) is 1.19. The lowest BCUT2D eigenvalue weighted by molar-refractivity contribution is 0.0697. The molecule has 1 aliphatic rings. The van der Waals surface area contributed by atoms with Crippen LogP contribution >= 0.6 is 0 Å². The van der Waals surface area contributed by atoms with Gasteiger partial charge in [-0.15, -0.1) is 0 Å². The summed E-state index contributed by atoms with van der Waals surface area (Å²) < 4.78 is 25.1. The molecule has 0 radical (unpaired) electrons. The van der Waals surface area contributed by atoms with E-state index in [1.807, 2.05) is 6.92 Å². The number of benzene rings is 1. The topological polar surface area (TPSA) is 74.7 Å². The number of hydrogen-bond acceptors (Lipinski definition) is 3. The van der Waals surface area contributed by atoms with Crippen LogP contribution in [-0.4, -0.2) is 42.6 Å². The number of hydrogen-bond donors (Lipinski definition) is 1. The Morgan fingerprint density at radius 1 is 1.37 bits per heavy atom. The van der Waals surface area contributed by atoms with Crippen molar-refractivity contribution in [1.82, 2.24) is 4.31 Å². The summed E-state index contributed by atoms with van der Waals surface area (Å²) in [4.78, 5) is 10.7. The zero-order chi connectivity index (χ0) is 14.0. The smallest absolute Gasteiger partial charge is 0.335 e. The fraction of sp³-hybridized carbons (Fsp3) is 0.462. The van der Waals surface area contributed by atoms with Gasteiger partial charge < -0.3 is 5.11 Å². The molecule has 1 saturated heterocycles. The van der Waals surface area contributed by atoms with E-state index >= 15 is 0 Å². The predicted molar refractivity (Wildman–Crippen MR) is 71.6 cm³/mol. The van der Waals surface area contributed by atoms with Crippen molar-refractivity contribution >= 4 is 16.0 Å². The number of carboxylic acids is 1. The van der Waals surface area contributed by atoms with Crippen LogP contribution in [0.3, 0.4) is 0 Å². The number of carbonyl (C=O) groups is 1. The van der Waals surface area contributed by atoms with E-state index in [0.717, 1.165) is 5.56 Å². The third-order valence-corrected chi connectivity index (χ3v) is 5.36. The highest BCUT2D eigenvalue weighted by molar-refractivity contribution is 7.89. The maximum Gasteiger partial charge on any atom is 0.335 e. The van der Waals surface area contributed by atoms with Crippen molar-refractivity contribution < 1.29 is 18.3 Å². The Labute approximate surface area is 112 Å². The molecule has 1 fully saturated rings. The molecule has 0 bridgehead atoms.